The van der Waals surface area contributed by atoms with Crippen molar-refractivity contribution in [3.63, 3.8) is 0 Å². The molecular weight excluding hydrogens is 270 g/mol. The second-order valence-corrected chi connectivity index (χ2v) is 5.28. The normalized spacial score (nSPS) is 12.0. The smallest absolute Gasteiger partial charge is 0.303 e. The Morgan fingerprint density at radius 1 is 1.33 bits per heavy atom. The predicted molar refractivity (Wildman–Crippen MR) is 79.1 cm³/mol. The van der Waals surface area contributed by atoms with E-state index in [1.54, 1.807) is 13.0 Å². The van der Waals surface area contributed by atoms with E-state index in [4.69, 9.17) is 5.11 Å². The van der Waals surface area contributed by atoms with E-state index in [1.807, 2.05) is 13.8 Å². The fourth-order valence-electron chi connectivity index (χ4n) is 2.01. The van der Waals surface area contributed by atoms with Crippen molar-refractivity contribution in [2.45, 2.75) is 46.5 Å². The molecular formula is C15H23N3O3. The molecule has 1 unspecified atom stereocenters. The van der Waals surface area contributed by atoms with Gasteiger partial charge in [-0.25, -0.2) is 0 Å². The first kappa shape index (κ1) is 17.1. The van der Waals surface area contributed by atoms with Crippen molar-refractivity contribution in [3.05, 3.63) is 23.0 Å². The fourth-order valence-corrected chi connectivity index (χ4v) is 2.01. The van der Waals surface area contributed by atoms with Crippen molar-refractivity contribution in [2.24, 2.45) is 5.92 Å². The Labute approximate surface area is 125 Å². The largest absolute Gasteiger partial charge is 0.481 e. The number of aryl methyl sites for hydroxylation is 2. The molecule has 21 heavy (non-hydrogen) atoms. The van der Waals surface area contributed by atoms with Gasteiger partial charge in [0.1, 0.15) is 0 Å². The predicted octanol–water partition coefficient (Wildman–Crippen LogP) is 1.97. The highest BCUT2D eigenvalue weighted by molar-refractivity contribution is 5.95. The number of hydrogen-bond acceptors (Lipinski definition) is 4. The van der Waals surface area contributed by atoms with Gasteiger partial charge in [0.2, 0.25) is 0 Å². The number of carbonyl (C=O) groups is 2. The number of aliphatic carboxylic acids is 1. The van der Waals surface area contributed by atoms with E-state index in [0.717, 1.165) is 6.42 Å². The van der Waals surface area contributed by atoms with Gasteiger partial charge < -0.3 is 10.4 Å². The Bertz CT molecular complexity index is 503. The summed E-state index contributed by atoms with van der Waals surface area (Å²) in [5.74, 6) is -0.656. The van der Waals surface area contributed by atoms with Crippen LogP contribution in [0.3, 0.4) is 0 Å². The highest BCUT2D eigenvalue weighted by Crippen LogP contribution is 2.10. The first-order valence-electron chi connectivity index (χ1n) is 7.27. The van der Waals surface area contributed by atoms with E-state index in [2.05, 4.69) is 15.5 Å². The van der Waals surface area contributed by atoms with Gasteiger partial charge in [0.25, 0.3) is 5.91 Å². The lowest BCUT2D eigenvalue weighted by molar-refractivity contribution is -0.137. The van der Waals surface area contributed by atoms with Gasteiger partial charge in [0, 0.05) is 13.0 Å². The molecule has 0 aliphatic heterocycles. The van der Waals surface area contributed by atoms with Crippen LogP contribution in [-0.2, 0) is 11.2 Å². The summed E-state index contributed by atoms with van der Waals surface area (Å²) in [5.41, 5.74) is 1.98. The minimum Gasteiger partial charge on any atom is -0.481 e. The van der Waals surface area contributed by atoms with Crippen LogP contribution in [0, 0.1) is 12.8 Å². The standard InChI is InChI=1S/C15H23N3O3/c1-4-13-12(9-11(3)17-18-13)15(21)16-8-7-10(2)5-6-14(19)20/h9-10H,4-8H2,1-3H3,(H,16,21)(H,19,20). The molecule has 2 N–H and O–H groups in total. The fraction of sp³-hybridized carbons (Fsp3) is 0.600. The van der Waals surface area contributed by atoms with Crippen LogP contribution < -0.4 is 5.32 Å². The number of nitrogens with zero attached hydrogens (tertiary/aromatic N) is 2. The maximum absolute atomic E-state index is 12.2. The molecule has 116 valence electrons. The minimum atomic E-state index is -0.781. The second kappa shape index (κ2) is 8.34. The molecule has 0 radical (unpaired) electrons. The van der Waals surface area contributed by atoms with Crippen LogP contribution in [0.5, 0.6) is 0 Å². The van der Waals surface area contributed by atoms with Gasteiger partial charge in [0.05, 0.1) is 17.0 Å². The molecule has 1 amide bonds. The Kier molecular flexibility index (Phi) is 6.78. The lowest BCUT2D eigenvalue weighted by atomic mass is 10.0. The Balaban J connectivity index is 2.47. The Hall–Kier alpha value is -1.98. The summed E-state index contributed by atoms with van der Waals surface area (Å²) in [4.78, 5) is 22.6. The Morgan fingerprint density at radius 3 is 2.67 bits per heavy atom. The number of hydrogen-bond donors (Lipinski definition) is 2. The first-order valence-corrected chi connectivity index (χ1v) is 7.27. The summed E-state index contributed by atoms with van der Waals surface area (Å²) in [6.07, 6.45) is 2.22. The molecule has 6 heteroatoms. The van der Waals surface area contributed by atoms with Gasteiger partial charge in [-0.3, -0.25) is 9.59 Å². The molecule has 0 bridgehead atoms. The summed E-state index contributed by atoms with van der Waals surface area (Å²) in [7, 11) is 0. The third kappa shape index (κ3) is 5.89. The van der Waals surface area contributed by atoms with Crippen molar-refractivity contribution in [3.8, 4) is 0 Å². The quantitative estimate of drug-likeness (QED) is 0.764. The maximum Gasteiger partial charge on any atom is 0.303 e. The number of carbonyl (C=O) groups excluding carboxylic acids is 1. The third-order valence-electron chi connectivity index (χ3n) is 3.35. The summed E-state index contributed by atoms with van der Waals surface area (Å²) in [6, 6.07) is 1.75. The molecule has 0 spiro atoms. The van der Waals surface area contributed by atoms with Gasteiger partial charge in [0.15, 0.2) is 0 Å². The molecule has 1 atom stereocenters. The molecule has 1 aromatic heterocycles. The lowest BCUT2D eigenvalue weighted by Gasteiger charge is -2.12. The van der Waals surface area contributed by atoms with Gasteiger partial charge in [-0.05, 0) is 38.2 Å². The van der Waals surface area contributed by atoms with Crippen LogP contribution in [0.25, 0.3) is 0 Å². The van der Waals surface area contributed by atoms with E-state index < -0.39 is 5.97 Å². The third-order valence-corrected chi connectivity index (χ3v) is 3.35. The van der Waals surface area contributed by atoms with Crippen molar-refractivity contribution in [1.82, 2.24) is 15.5 Å². The summed E-state index contributed by atoms with van der Waals surface area (Å²) < 4.78 is 0. The minimum absolute atomic E-state index is 0.143. The summed E-state index contributed by atoms with van der Waals surface area (Å²) >= 11 is 0. The average Bonchev–Trinajstić information content (AvgIpc) is 2.44. The lowest BCUT2D eigenvalue weighted by Crippen LogP contribution is -2.27. The SMILES string of the molecule is CCc1nnc(C)cc1C(=O)NCCC(C)CCC(=O)O. The first-order chi connectivity index (χ1) is 9.93. The zero-order valence-corrected chi connectivity index (χ0v) is 12.8. The van der Waals surface area contributed by atoms with E-state index in [9.17, 15) is 9.59 Å². The van der Waals surface area contributed by atoms with Gasteiger partial charge in [-0.2, -0.15) is 10.2 Å². The monoisotopic (exact) mass is 293 g/mol. The molecule has 0 saturated carbocycles. The number of carboxylic acid groups (broad SMARTS) is 1. The highest BCUT2D eigenvalue weighted by Gasteiger charge is 2.13. The van der Waals surface area contributed by atoms with Crippen molar-refractivity contribution < 1.29 is 14.7 Å². The molecule has 1 heterocycles. The number of amides is 1. The van der Waals surface area contributed by atoms with Gasteiger partial charge in [-0.15, -0.1) is 0 Å². The molecule has 0 aliphatic rings. The average molecular weight is 293 g/mol. The van der Waals surface area contributed by atoms with Crippen LogP contribution in [-0.4, -0.2) is 33.7 Å². The van der Waals surface area contributed by atoms with E-state index >= 15 is 0 Å². The second-order valence-electron chi connectivity index (χ2n) is 5.28. The summed E-state index contributed by atoms with van der Waals surface area (Å²) in [6.45, 7) is 6.26. The molecule has 0 saturated heterocycles. The molecule has 1 rings (SSSR count). The number of nitrogens with one attached hydrogen (secondary N) is 1. The van der Waals surface area contributed by atoms with E-state index in [-0.39, 0.29) is 18.2 Å². The van der Waals surface area contributed by atoms with Crippen LogP contribution in [0.4, 0.5) is 0 Å². The molecule has 0 aromatic carbocycles. The number of rotatable bonds is 8. The molecule has 1 aromatic rings. The van der Waals surface area contributed by atoms with Crippen molar-refractivity contribution in [1.29, 1.82) is 0 Å². The number of carboxylic acids is 1. The van der Waals surface area contributed by atoms with Crippen LogP contribution in [0.15, 0.2) is 6.07 Å². The van der Waals surface area contributed by atoms with Gasteiger partial charge in [-0.1, -0.05) is 13.8 Å². The molecule has 0 aliphatic carbocycles. The van der Waals surface area contributed by atoms with Gasteiger partial charge >= 0.3 is 5.97 Å². The number of aromatic nitrogens is 2. The Morgan fingerprint density at radius 2 is 2.05 bits per heavy atom. The maximum atomic E-state index is 12.2. The van der Waals surface area contributed by atoms with Crippen molar-refractivity contribution >= 4 is 11.9 Å². The molecule has 6 nitrogen and oxygen atoms in total. The summed E-state index contributed by atoms with van der Waals surface area (Å²) in [5, 5.41) is 19.5. The zero-order valence-electron chi connectivity index (χ0n) is 12.8. The van der Waals surface area contributed by atoms with Crippen molar-refractivity contribution in [2.75, 3.05) is 6.54 Å². The zero-order chi connectivity index (χ0) is 15.8. The van der Waals surface area contributed by atoms with Crippen LogP contribution in [0.1, 0.15) is 54.9 Å². The van der Waals surface area contributed by atoms with Crippen LogP contribution in [0.2, 0.25) is 0 Å². The van der Waals surface area contributed by atoms with E-state index in [1.165, 1.54) is 0 Å². The topological polar surface area (TPSA) is 92.2 Å². The van der Waals surface area contributed by atoms with Crippen LogP contribution >= 0.6 is 0 Å². The highest BCUT2D eigenvalue weighted by atomic mass is 16.4. The van der Waals surface area contributed by atoms with E-state index in [0.29, 0.717) is 36.3 Å². The molecule has 0 fully saturated rings.